The number of hydrogen-bond acceptors (Lipinski definition) is 5. The van der Waals surface area contributed by atoms with Gasteiger partial charge in [0.05, 0.1) is 0 Å². The van der Waals surface area contributed by atoms with Gasteiger partial charge in [-0.2, -0.15) is 0 Å². The van der Waals surface area contributed by atoms with Crippen LogP contribution >= 0.6 is 7.82 Å². The normalized spacial score (nSPS) is 10.9. The summed E-state index contributed by atoms with van der Waals surface area (Å²) in [5.41, 5.74) is 0.00399. The second kappa shape index (κ2) is 4.34. The minimum Gasteiger partial charge on any atom is -0.301 e. The molecule has 0 saturated carbocycles. The lowest BCUT2D eigenvalue weighted by Gasteiger charge is -2.01. The Labute approximate surface area is 67.6 Å². The quantitative estimate of drug-likeness (QED) is 0.285. The van der Waals surface area contributed by atoms with E-state index in [1.54, 1.807) is 0 Å². The Morgan fingerprint density at radius 3 is 2.33 bits per heavy atom. The largest absolute Gasteiger partial charge is 0.499 e. The average Bonchev–Trinajstić information content (AvgIpc) is 1.84. The van der Waals surface area contributed by atoms with Crippen LogP contribution < -0.4 is 0 Å². The monoisotopic (exact) mass is 198 g/mol. The van der Waals surface area contributed by atoms with Crippen molar-refractivity contribution in [3.8, 4) is 0 Å². The van der Waals surface area contributed by atoms with Crippen LogP contribution in [0.4, 0.5) is 0 Å². The van der Waals surface area contributed by atoms with Gasteiger partial charge < -0.3 is 9.79 Å². The maximum Gasteiger partial charge on any atom is 0.499 e. The lowest BCUT2D eigenvalue weighted by Crippen LogP contribution is -2.05. The molecule has 8 heteroatoms. The Morgan fingerprint density at radius 1 is 1.50 bits per heavy atom. The van der Waals surface area contributed by atoms with Crippen LogP contribution in [0, 0.1) is 0 Å². The number of carbonyl (C=O) groups is 1. The molecule has 2 N–H and O–H groups in total. The van der Waals surface area contributed by atoms with Crippen LogP contribution in [0.15, 0.2) is 12.2 Å². The number of carbonyl (C=O) groups excluding carboxylic acids is 1. The molecule has 0 spiro atoms. The fraction of sp³-hybridized carbons (Fsp3) is 0.250. The van der Waals surface area contributed by atoms with E-state index in [-0.39, 0.29) is 5.57 Å². The summed E-state index contributed by atoms with van der Waals surface area (Å²) in [6.45, 7) is 4.49. The molecule has 0 radical (unpaired) electrons. The molecule has 0 atom stereocenters. The van der Waals surface area contributed by atoms with Gasteiger partial charge in [-0.25, -0.2) is 9.36 Å². The summed E-state index contributed by atoms with van der Waals surface area (Å²) in [7, 11) is -4.78. The van der Waals surface area contributed by atoms with E-state index in [0.717, 1.165) is 0 Å². The molecule has 0 aromatic heterocycles. The van der Waals surface area contributed by atoms with Crippen molar-refractivity contribution >= 4 is 13.8 Å². The Morgan fingerprint density at radius 2 is 2.00 bits per heavy atom. The first kappa shape index (κ1) is 11.3. The average molecular weight is 198 g/mol. The SMILES string of the molecule is C=C(C)C(=O)OOOP(=O)(O)O. The van der Waals surface area contributed by atoms with Gasteiger partial charge in [-0.05, 0) is 12.0 Å². The summed E-state index contributed by atoms with van der Waals surface area (Å²) in [6, 6.07) is 0. The molecule has 70 valence electrons. The first-order chi connectivity index (χ1) is 5.33. The van der Waals surface area contributed by atoms with Gasteiger partial charge in [-0.15, -0.1) is 0 Å². The molecule has 12 heavy (non-hydrogen) atoms. The minimum absolute atomic E-state index is 0.00399. The molecule has 0 heterocycles. The van der Waals surface area contributed by atoms with Crippen molar-refractivity contribution in [1.82, 2.24) is 0 Å². The van der Waals surface area contributed by atoms with Crippen molar-refractivity contribution in [2.45, 2.75) is 6.92 Å². The second-order valence-corrected chi connectivity index (χ2v) is 2.91. The van der Waals surface area contributed by atoms with Gasteiger partial charge in [-0.1, -0.05) is 11.3 Å². The van der Waals surface area contributed by atoms with Gasteiger partial charge in [-0.3, -0.25) is 4.89 Å². The van der Waals surface area contributed by atoms with Crippen molar-refractivity contribution in [3.63, 3.8) is 0 Å². The molecular weight excluding hydrogens is 191 g/mol. The Hall–Kier alpha value is -0.720. The highest BCUT2D eigenvalue weighted by molar-refractivity contribution is 7.46. The number of phosphoric acid groups is 1. The molecule has 0 fully saturated rings. The highest BCUT2D eigenvalue weighted by Gasteiger charge is 2.17. The van der Waals surface area contributed by atoms with Gasteiger partial charge in [0.2, 0.25) is 0 Å². The van der Waals surface area contributed by atoms with E-state index < -0.39 is 13.8 Å². The van der Waals surface area contributed by atoms with Crippen molar-refractivity contribution in [2.24, 2.45) is 0 Å². The Kier molecular flexibility index (Phi) is 4.08. The Bertz CT molecular complexity index is 228. The predicted octanol–water partition coefficient (Wildman–Crippen LogP) is 0.0616. The van der Waals surface area contributed by atoms with E-state index >= 15 is 0 Å². The molecule has 0 bridgehead atoms. The summed E-state index contributed by atoms with van der Waals surface area (Å²) < 4.78 is 13.2. The third kappa shape index (κ3) is 6.02. The van der Waals surface area contributed by atoms with Gasteiger partial charge in [0, 0.05) is 5.57 Å². The van der Waals surface area contributed by atoms with Crippen LogP contribution in [0.1, 0.15) is 6.92 Å². The zero-order valence-electron chi connectivity index (χ0n) is 6.09. The smallest absolute Gasteiger partial charge is 0.301 e. The molecule has 0 amide bonds. The van der Waals surface area contributed by atoms with Gasteiger partial charge in [0.25, 0.3) is 0 Å². The van der Waals surface area contributed by atoms with E-state index in [9.17, 15) is 9.36 Å². The topological polar surface area (TPSA) is 102 Å². The highest BCUT2D eigenvalue weighted by atomic mass is 31.2. The molecule has 0 aromatic rings. The van der Waals surface area contributed by atoms with E-state index in [1.807, 2.05) is 0 Å². The zero-order chi connectivity index (χ0) is 9.78. The Balaban J connectivity index is 3.65. The van der Waals surface area contributed by atoms with Crippen molar-refractivity contribution < 1.29 is 33.7 Å². The van der Waals surface area contributed by atoms with Gasteiger partial charge in [0.1, 0.15) is 0 Å². The summed E-state index contributed by atoms with van der Waals surface area (Å²) in [4.78, 5) is 30.2. The fourth-order valence-electron chi connectivity index (χ4n) is 0.157. The summed E-state index contributed by atoms with van der Waals surface area (Å²) in [6.07, 6.45) is 0. The molecule has 0 unspecified atom stereocenters. The maximum absolute atomic E-state index is 10.4. The van der Waals surface area contributed by atoms with Crippen LogP contribution in [0.2, 0.25) is 0 Å². The zero-order valence-corrected chi connectivity index (χ0v) is 6.98. The predicted molar refractivity (Wildman–Crippen MR) is 35.1 cm³/mol. The van der Waals surface area contributed by atoms with E-state index in [1.165, 1.54) is 6.92 Å². The number of rotatable bonds is 4. The third-order valence-corrected chi connectivity index (χ3v) is 0.841. The highest BCUT2D eigenvalue weighted by Crippen LogP contribution is 2.35. The van der Waals surface area contributed by atoms with Crippen molar-refractivity contribution in [2.75, 3.05) is 0 Å². The van der Waals surface area contributed by atoms with Crippen LogP contribution in [0.5, 0.6) is 0 Å². The summed E-state index contributed by atoms with van der Waals surface area (Å²) in [5.74, 6) is -0.983. The van der Waals surface area contributed by atoms with Gasteiger partial charge in [0.15, 0.2) is 0 Å². The van der Waals surface area contributed by atoms with Crippen LogP contribution in [0.25, 0.3) is 0 Å². The second-order valence-electron chi connectivity index (χ2n) is 1.78. The van der Waals surface area contributed by atoms with E-state index in [0.29, 0.717) is 0 Å². The molecule has 0 aliphatic carbocycles. The first-order valence-electron chi connectivity index (χ1n) is 2.61. The van der Waals surface area contributed by atoms with Crippen LogP contribution in [-0.4, -0.2) is 15.8 Å². The molecule has 0 saturated heterocycles. The molecule has 7 nitrogen and oxygen atoms in total. The lowest BCUT2D eigenvalue weighted by atomic mass is 10.4. The van der Waals surface area contributed by atoms with Crippen LogP contribution in [0.3, 0.4) is 0 Å². The first-order valence-corrected chi connectivity index (χ1v) is 4.14. The van der Waals surface area contributed by atoms with E-state index in [2.05, 4.69) is 21.2 Å². The third-order valence-electron chi connectivity index (χ3n) is 0.586. The number of hydrogen-bond donors (Lipinski definition) is 2. The van der Waals surface area contributed by atoms with Crippen molar-refractivity contribution in [3.05, 3.63) is 12.2 Å². The summed E-state index contributed by atoms with van der Waals surface area (Å²) >= 11 is 0. The summed E-state index contributed by atoms with van der Waals surface area (Å²) in [5, 5.41) is 3.45. The van der Waals surface area contributed by atoms with Crippen LogP contribution in [-0.2, 0) is 24.0 Å². The standard InChI is InChI=1S/C4H7O7P/c1-3(2)4(5)9-10-11-12(6,7)8/h1H2,2H3,(H2,6,7,8). The van der Waals surface area contributed by atoms with E-state index in [4.69, 9.17) is 9.79 Å². The molecule has 0 aliphatic rings. The molecular formula is C4H7O7P. The lowest BCUT2D eigenvalue weighted by molar-refractivity contribution is -0.442. The van der Waals surface area contributed by atoms with Gasteiger partial charge >= 0.3 is 13.8 Å². The fourth-order valence-corrected chi connectivity index (χ4v) is 0.267. The van der Waals surface area contributed by atoms with Crippen molar-refractivity contribution in [1.29, 1.82) is 0 Å². The molecule has 0 rings (SSSR count). The maximum atomic E-state index is 10.4. The molecule has 0 aliphatic heterocycles. The minimum atomic E-state index is -4.78. The molecule has 0 aromatic carbocycles.